The highest BCUT2D eigenvalue weighted by molar-refractivity contribution is 7.84. The van der Waals surface area contributed by atoms with E-state index in [1.54, 1.807) is 23.2 Å². The first-order chi connectivity index (χ1) is 15.3. The molecule has 1 fully saturated rings. The number of nitrogens with one attached hydrogen (secondary N) is 1. The van der Waals surface area contributed by atoms with Crippen molar-refractivity contribution < 1.29 is 14.3 Å². The first kappa shape index (κ1) is 22.1. The van der Waals surface area contributed by atoms with Crippen molar-refractivity contribution >= 4 is 52.3 Å². The van der Waals surface area contributed by atoms with Gasteiger partial charge in [0.25, 0.3) is 0 Å². The molecule has 1 aromatic carbocycles. The topological polar surface area (TPSA) is 80.5 Å². The molecule has 32 heavy (non-hydrogen) atoms. The molecule has 1 aliphatic carbocycles. The monoisotopic (exact) mass is 470 g/mol. The lowest BCUT2D eigenvalue weighted by Gasteiger charge is -2.36. The number of hydrogen-bond donors (Lipinski definition) is 3. The number of phenols is 1. The van der Waals surface area contributed by atoms with Crippen LogP contribution in [0.3, 0.4) is 0 Å². The van der Waals surface area contributed by atoms with E-state index in [0.717, 1.165) is 0 Å². The minimum Gasteiger partial charge on any atom is -0.508 e. The molecule has 1 aromatic heterocycles. The molecule has 0 saturated carbocycles. The van der Waals surface area contributed by atoms with Gasteiger partial charge in [-0.15, -0.1) is 12.6 Å². The van der Waals surface area contributed by atoms with Gasteiger partial charge in [-0.05, 0) is 29.8 Å². The van der Waals surface area contributed by atoms with E-state index in [0.29, 0.717) is 47.7 Å². The summed E-state index contributed by atoms with van der Waals surface area (Å²) in [6, 6.07) is 6.36. The van der Waals surface area contributed by atoms with Gasteiger partial charge in [0.2, 0.25) is 5.91 Å². The van der Waals surface area contributed by atoms with E-state index >= 15 is 4.39 Å². The van der Waals surface area contributed by atoms with Crippen LogP contribution in [0.2, 0.25) is 0 Å². The maximum atomic E-state index is 15.5. The SMILES string of the molecule is C=CC(=O)N1CCN(/C(S)=C2\C=C(Cl)C(c3cc(O)cc4ncccc34)=C(F)C2=N)CC1. The highest BCUT2D eigenvalue weighted by atomic mass is 35.5. The molecular weight excluding hydrogens is 451 g/mol. The van der Waals surface area contributed by atoms with Crippen molar-refractivity contribution in [2.24, 2.45) is 0 Å². The maximum absolute atomic E-state index is 15.5. The number of amides is 1. The number of hydrogen-bond acceptors (Lipinski definition) is 6. The number of carbonyl (C=O) groups is 1. The van der Waals surface area contributed by atoms with Crippen LogP contribution in [0.5, 0.6) is 5.75 Å². The van der Waals surface area contributed by atoms with Crippen LogP contribution >= 0.6 is 24.2 Å². The minimum absolute atomic E-state index is 0.0249. The number of piperazine rings is 1. The Bertz CT molecular complexity index is 1250. The van der Waals surface area contributed by atoms with E-state index in [-0.39, 0.29) is 33.5 Å². The number of pyridine rings is 1. The molecule has 0 radical (unpaired) electrons. The van der Waals surface area contributed by atoms with Gasteiger partial charge in [-0.3, -0.25) is 15.2 Å². The van der Waals surface area contributed by atoms with E-state index in [4.69, 9.17) is 17.0 Å². The van der Waals surface area contributed by atoms with E-state index in [2.05, 4.69) is 24.2 Å². The van der Waals surface area contributed by atoms with Crippen molar-refractivity contribution in [2.75, 3.05) is 26.2 Å². The Balaban J connectivity index is 1.70. The summed E-state index contributed by atoms with van der Waals surface area (Å²) in [6.07, 6.45) is 4.36. The summed E-state index contributed by atoms with van der Waals surface area (Å²) in [4.78, 5) is 19.6. The predicted octanol–water partition coefficient (Wildman–Crippen LogP) is 4.25. The number of benzene rings is 1. The van der Waals surface area contributed by atoms with Gasteiger partial charge in [0.05, 0.1) is 15.6 Å². The molecule has 6 nitrogen and oxygen atoms in total. The first-order valence-corrected chi connectivity index (χ1v) is 10.7. The summed E-state index contributed by atoms with van der Waals surface area (Å²) in [7, 11) is 0. The Labute approximate surface area is 194 Å². The molecule has 1 aliphatic heterocycles. The molecule has 1 saturated heterocycles. The number of allylic oxidation sites excluding steroid dienone is 5. The number of thiol groups is 1. The molecule has 0 bridgehead atoms. The number of nitrogens with zero attached hydrogens (tertiary/aromatic N) is 3. The second-order valence-electron chi connectivity index (χ2n) is 7.37. The zero-order valence-electron chi connectivity index (χ0n) is 17.0. The zero-order valence-corrected chi connectivity index (χ0v) is 18.6. The van der Waals surface area contributed by atoms with Crippen LogP contribution < -0.4 is 0 Å². The molecular formula is C23H20ClFN4O2S. The summed E-state index contributed by atoms with van der Waals surface area (Å²) >= 11 is 11.1. The number of aromatic nitrogens is 1. The van der Waals surface area contributed by atoms with Crippen LogP contribution in [-0.2, 0) is 4.79 Å². The van der Waals surface area contributed by atoms with Gasteiger partial charge in [-0.1, -0.05) is 24.2 Å². The summed E-state index contributed by atoms with van der Waals surface area (Å²) in [5.41, 5.74) is 0.775. The molecule has 2 heterocycles. The largest absolute Gasteiger partial charge is 0.508 e. The van der Waals surface area contributed by atoms with Crippen molar-refractivity contribution in [3.05, 3.63) is 76.2 Å². The van der Waals surface area contributed by atoms with Gasteiger partial charge in [0, 0.05) is 55.0 Å². The zero-order chi connectivity index (χ0) is 23.0. The second-order valence-corrected chi connectivity index (χ2v) is 8.20. The van der Waals surface area contributed by atoms with Gasteiger partial charge in [-0.2, -0.15) is 0 Å². The summed E-state index contributed by atoms with van der Waals surface area (Å²) in [5, 5.41) is 19.7. The fraction of sp³-hybridized carbons (Fsp3) is 0.174. The van der Waals surface area contributed by atoms with E-state index in [1.165, 1.54) is 24.3 Å². The number of rotatable bonds is 3. The number of carbonyl (C=O) groups excluding carboxylic acids is 1. The van der Waals surface area contributed by atoms with Crippen molar-refractivity contribution in [2.45, 2.75) is 0 Å². The summed E-state index contributed by atoms with van der Waals surface area (Å²) in [6.45, 7) is 5.42. The van der Waals surface area contributed by atoms with Gasteiger partial charge < -0.3 is 14.9 Å². The number of halogens is 2. The van der Waals surface area contributed by atoms with Crippen LogP contribution in [0.4, 0.5) is 4.39 Å². The quantitative estimate of drug-likeness (QED) is 0.463. The molecule has 164 valence electrons. The first-order valence-electron chi connectivity index (χ1n) is 9.86. The van der Waals surface area contributed by atoms with Crippen LogP contribution in [0, 0.1) is 5.41 Å². The lowest BCUT2D eigenvalue weighted by Crippen LogP contribution is -2.47. The molecule has 0 unspecified atom stereocenters. The smallest absolute Gasteiger partial charge is 0.246 e. The van der Waals surface area contributed by atoms with Gasteiger partial charge in [0.15, 0.2) is 5.83 Å². The van der Waals surface area contributed by atoms with Gasteiger partial charge in [0.1, 0.15) is 11.5 Å². The average Bonchev–Trinajstić information content (AvgIpc) is 2.80. The highest BCUT2D eigenvalue weighted by Crippen LogP contribution is 2.41. The molecule has 2 aromatic rings. The molecule has 2 N–H and O–H groups in total. The standard InChI is InChI=1S/C23H20ClFN4O2S/c1-2-19(31)28-6-8-29(9-7-28)23(32)16-12-17(24)20(21(25)22(16)26)15-10-13(30)11-18-14(15)4-3-5-27-18/h2-5,10-12,26,30,32H,1,6-9H2/b23-16-,26-22?. The molecule has 1 amide bonds. The Morgan fingerprint density at radius 1 is 1.28 bits per heavy atom. The molecule has 2 aliphatic rings. The Morgan fingerprint density at radius 2 is 1.97 bits per heavy atom. The third-order valence-corrected chi connectivity index (χ3v) is 6.32. The number of phenolic OH excluding ortho intramolecular Hbond substituents is 1. The van der Waals surface area contributed by atoms with Crippen molar-refractivity contribution in [1.82, 2.24) is 14.8 Å². The van der Waals surface area contributed by atoms with Crippen molar-refractivity contribution in [3.8, 4) is 5.75 Å². The number of fused-ring (bicyclic) bond motifs is 1. The average molecular weight is 471 g/mol. The van der Waals surface area contributed by atoms with Crippen LogP contribution in [0.1, 0.15) is 5.56 Å². The molecule has 9 heteroatoms. The van der Waals surface area contributed by atoms with E-state index in [1.807, 2.05) is 4.90 Å². The van der Waals surface area contributed by atoms with Gasteiger partial charge in [-0.25, -0.2) is 4.39 Å². The molecule has 0 atom stereocenters. The second kappa shape index (κ2) is 8.80. The van der Waals surface area contributed by atoms with Gasteiger partial charge >= 0.3 is 0 Å². The highest BCUT2D eigenvalue weighted by Gasteiger charge is 2.29. The minimum atomic E-state index is -0.810. The summed E-state index contributed by atoms with van der Waals surface area (Å²) < 4.78 is 15.5. The molecule has 0 spiro atoms. The fourth-order valence-corrected chi connectivity index (χ4v) is 4.53. The van der Waals surface area contributed by atoms with Crippen molar-refractivity contribution in [3.63, 3.8) is 0 Å². The van der Waals surface area contributed by atoms with E-state index in [9.17, 15) is 9.90 Å². The molecule has 4 rings (SSSR count). The maximum Gasteiger partial charge on any atom is 0.246 e. The van der Waals surface area contributed by atoms with Crippen LogP contribution in [-0.4, -0.2) is 57.7 Å². The predicted molar refractivity (Wildman–Crippen MR) is 127 cm³/mol. The third-order valence-electron chi connectivity index (χ3n) is 5.50. The number of aromatic hydroxyl groups is 1. The Morgan fingerprint density at radius 3 is 2.66 bits per heavy atom. The third kappa shape index (κ3) is 3.91. The van der Waals surface area contributed by atoms with Crippen molar-refractivity contribution in [1.29, 1.82) is 5.41 Å². The van der Waals surface area contributed by atoms with Crippen LogP contribution in [0.25, 0.3) is 16.5 Å². The van der Waals surface area contributed by atoms with E-state index < -0.39 is 5.83 Å². The Kier molecular flexibility index (Phi) is 6.08. The Hall–Kier alpha value is -3.10. The lowest BCUT2D eigenvalue weighted by atomic mass is 9.91. The summed E-state index contributed by atoms with van der Waals surface area (Å²) in [5.74, 6) is -1.03. The van der Waals surface area contributed by atoms with Crippen LogP contribution in [0.15, 0.2) is 70.7 Å². The normalized spacial score (nSPS) is 18.7. The fourth-order valence-electron chi connectivity index (χ4n) is 3.85. The lowest BCUT2D eigenvalue weighted by molar-refractivity contribution is -0.127.